The zero-order chi connectivity index (χ0) is 13.5. The Kier molecular flexibility index (Phi) is 5.91. The van der Waals surface area contributed by atoms with Gasteiger partial charge in [0.2, 0.25) is 5.91 Å². The first-order valence-electron chi connectivity index (χ1n) is 4.93. The Bertz CT molecular complexity index is 430. The van der Waals surface area contributed by atoms with Crippen LogP contribution < -0.4 is 5.32 Å². The molecule has 18 heavy (non-hydrogen) atoms. The SMILES string of the molecule is COC(=O)COCC(=O)Nc1c(Cl)cccc1Cl. The van der Waals surface area contributed by atoms with Gasteiger partial charge in [-0.2, -0.15) is 0 Å². The van der Waals surface area contributed by atoms with E-state index < -0.39 is 11.9 Å². The van der Waals surface area contributed by atoms with E-state index in [0.717, 1.165) is 0 Å². The lowest BCUT2D eigenvalue weighted by Gasteiger charge is -2.09. The fraction of sp³-hybridized carbons (Fsp3) is 0.273. The topological polar surface area (TPSA) is 64.6 Å². The maximum Gasteiger partial charge on any atom is 0.331 e. The summed E-state index contributed by atoms with van der Waals surface area (Å²) in [6, 6.07) is 4.85. The van der Waals surface area contributed by atoms with Gasteiger partial charge in [0.05, 0.1) is 22.8 Å². The number of rotatable bonds is 5. The molecular weight excluding hydrogens is 281 g/mol. The summed E-state index contributed by atoms with van der Waals surface area (Å²) >= 11 is 11.7. The van der Waals surface area contributed by atoms with Crippen LogP contribution in [0.2, 0.25) is 10.0 Å². The molecular formula is C11H11Cl2NO4. The molecule has 1 rings (SSSR count). The Morgan fingerprint density at radius 2 is 1.83 bits per heavy atom. The van der Waals surface area contributed by atoms with E-state index in [0.29, 0.717) is 15.7 Å². The van der Waals surface area contributed by atoms with Crippen LogP contribution in [-0.4, -0.2) is 32.2 Å². The van der Waals surface area contributed by atoms with Gasteiger partial charge in [0.25, 0.3) is 0 Å². The molecule has 0 saturated heterocycles. The van der Waals surface area contributed by atoms with E-state index in [1.807, 2.05) is 0 Å². The molecule has 1 aromatic carbocycles. The number of carbonyl (C=O) groups is 2. The zero-order valence-corrected chi connectivity index (χ0v) is 11.0. The molecule has 0 atom stereocenters. The van der Waals surface area contributed by atoms with Gasteiger partial charge in [0, 0.05) is 0 Å². The molecule has 1 aromatic rings. The molecule has 1 N–H and O–H groups in total. The molecule has 98 valence electrons. The number of hydrogen-bond donors (Lipinski definition) is 1. The average molecular weight is 292 g/mol. The van der Waals surface area contributed by atoms with E-state index in [-0.39, 0.29) is 13.2 Å². The van der Waals surface area contributed by atoms with Crippen LogP contribution in [-0.2, 0) is 19.1 Å². The lowest BCUT2D eigenvalue weighted by molar-refractivity contribution is -0.146. The van der Waals surface area contributed by atoms with Crippen LogP contribution >= 0.6 is 23.2 Å². The minimum Gasteiger partial charge on any atom is -0.467 e. The Balaban J connectivity index is 2.47. The molecule has 0 unspecified atom stereocenters. The molecule has 0 aliphatic heterocycles. The number of methoxy groups -OCH3 is 1. The molecule has 0 aliphatic rings. The van der Waals surface area contributed by atoms with Gasteiger partial charge >= 0.3 is 5.97 Å². The standard InChI is InChI=1S/C11H11Cl2NO4/c1-17-10(16)6-18-5-9(15)14-11-7(12)3-2-4-8(11)13/h2-4H,5-6H2,1H3,(H,14,15). The normalized spacial score (nSPS) is 9.94. The number of para-hydroxylation sites is 1. The molecule has 0 aromatic heterocycles. The van der Waals surface area contributed by atoms with Crippen LogP contribution in [0.4, 0.5) is 5.69 Å². The molecule has 5 nitrogen and oxygen atoms in total. The molecule has 0 saturated carbocycles. The monoisotopic (exact) mass is 291 g/mol. The summed E-state index contributed by atoms with van der Waals surface area (Å²) in [6.07, 6.45) is 0. The molecule has 0 aliphatic carbocycles. The van der Waals surface area contributed by atoms with E-state index in [1.54, 1.807) is 18.2 Å². The van der Waals surface area contributed by atoms with Gasteiger partial charge in [0.15, 0.2) is 0 Å². The zero-order valence-electron chi connectivity index (χ0n) is 9.54. The van der Waals surface area contributed by atoms with Gasteiger partial charge in [-0.25, -0.2) is 4.79 Å². The van der Waals surface area contributed by atoms with Crippen LogP contribution in [0.3, 0.4) is 0 Å². The number of benzene rings is 1. The van der Waals surface area contributed by atoms with Crippen molar-refractivity contribution in [2.75, 3.05) is 25.6 Å². The van der Waals surface area contributed by atoms with E-state index in [2.05, 4.69) is 10.1 Å². The maximum absolute atomic E-state index is 11.5. The van der Waals surface area contributed by atoms with Gasteiger partial charge in [-0.05, 0) is 12.1 Å². The van der Waals surface area contributed by atoms with Gasteiger partial charge in [-0.15, -0.1) is 0 Å². The van der Waals surface area contributed by atoms with E-state index in [1.165, 1.54) is 7.11 Å². The second-order valence-electron chi connectivity index (χ2n) is 3.21. The summed E-state index contributed by atoms with van der Waals surface area (Å²) < 4.78 is 9.18. The molecule has 7 heteroatoms. The van der Waals surface area contributed by atoms with Crippen molar-refractivity contribution in [1.29, 1.82) is 0 Å². The third-order valence-corrected chi connectivity index (χ3v) is 2.54. The predicted octanol–water partition coefficient (Wildman–Crippen LogP) is 2.12. The first kappa shape index (κ1) is 14.8. The predicted molar refractivity (Wildman–Crippen MR) is 67.9 cm³/mol. The van der Waals surface area contributed by atoms with Crippen molar-refractivity contribution in [3.63, 3.8) is 0 Å². The highest BCUT2D eigenvalue weighted by Gasteiger charge is 2.10. The number of nitrogens with one attached hydrogen (secondary N) is 1. The smallest absolute Gasteiger partial charge is 0.331 e. The molecule has 1 amide bonds. The number of ether oxygens (including phenoxy) is 2. The summed E-state index contributed by atoms with van der Waals surface area (Å²) in [4.78, 5) is 22.2. The van der Waals surface area contributed by atoms with Crippen LogP contribution in [0.15, 0.2) is 18.2 Å². The molecule has 0 bridgehead atoms. The molecule has 0 radical (unpaired) electrons. The number of anilines is 1. The van der Waals surface area contributed by atoms with Gasteiger partial charge in [-0.3, -0.25) is 4.79 Å². The first-order valence-corrected chi connectivity index (χ1v) is 5.68. The molecule has 0 spiro atoms. The van der Waals surface area contributed by atoms with Crippen LogP contribution in [0.1, 0.15) is 0 Å². The summed E-state index contributed by atoms with van der Waals surface area (Å²) in [5.74, 6) is -1.02. The summed E-state index contributed by atoms with van der Waals surface area (Å²) in [5, 5.41) is 3.14. The number of halogens is 2. The number of hydrogen-bond acceptors (Lipinski definition) is 4. The third-order valence-electron chi connectivity index (χ3n) is 1.91. The third kappa shape index (κ3) is 4.52. The highest BCUT2D eigenvalue weighted by Crippen LogP contribution is 2.29. The van der Waals surface area contributed by atoms with Crippen LogP contribution in [0.5, 0.6) is 0 Å². The first-order chi connectivity index (χ1) is 8.54. The van der Waals surface area contributed by atoms with E-state index >= 15 is 0 Å². The Morgan fingerprint density at radius 3 is 2.39 bits per heavy atom. The number of amides is 1. The fourth-order valence-corrected chi connectivity index (χ4v) is 1.57. The quantitative estimate of drug-likeness (QED) is 0.844. The van der Waals surface area contributed by atoms with Crippen molar-refractivity contribution in [3.05, 3.63) is 28.2 Å². The average Bonchev–Trinajstić information content (AvgIpc) is 2.34. The van der Waals surface area contributed by atoms with E-state index in [4.69, 9.17) is 27.9 Å². The van der Waals surface area contributed by atoms with Crippen LogP contribution in [0.25, 0.3) is 0 Å². The minimum atomic E-state index is -0.557. The van der Waals surface area contributed by atoms with Crippen molar-refractivity contribution in [2.45, 2.75) is 0 Å². The highest BCUT2D eigenvalue weighted by atomic mass is 35.5. The highest BCUT2D eigenvalue weighted by molar-refractivity contribution is 6.39. The minimum absolute atomic E-state index is 0.291. The van der Waals surface area contributed by atoms with Crippen molar-refractivity contribution in [2.24, 2.45) is 0 Å². The second-order valence-corrected chi connectivity index (χ2v) is 4.03. The van der Waals surface area contributed by atoms with Crippen molar-refractivity contribution in [3.8, 4) is 0 Å². The lowest BCUT2D eigenvalue weighted by Crippen LogP contribution is -2.21. The number of carbonyl (C=O) groups excluding carboxylic acids is 2. The summed E-state index contributed by atoms with van der Waals surface area (Å²) in [7, 11) is 1.23. The van der Waals surface area contributed by atoms with Crippen molar-refractivity contribution < 1.29 is 19.1 Å². The summed E-state index contributed by atoms with van der Waals surface area (Å²) in [5.41, 5.74) is 0.313. The van der Waals surface area contributed by atoms with Gasteiger partial charge in [0.1, 0.15) is 13.2 Å². The molecule has 0 heterocycles. The molecule has 0 fully saturated rings. The van der Waals surface area contributed by atoms with Crippen molar-refractivity contribution >= 4 is 40.8 Å². The maximum atomic E-state index is 11.5. The Labute approximate surface area is 114 Å². The largest absolute Gasteiger partial charge is 0.467 e. The van der Waals surface area contributed by atoms with Crippen LogP contribution in [0, 0.1) is 0 Å². The van der Waals surface area contributed by atoms with Gasteiger partial charge < -0.3 is 14.8 Å². The Hall–Kier alpha value is -1.30. The fourth-order valence-electron chi connectivity index (χ4n) is 1.08. The van der Waals surface area contributed by atoms with Gasteiger partial charge in [-0.1, -0.05) is 29.3 Å². The lowest BCUT2D eigenvalue weighted by atomic mass is 10.3. The second kappa shape index (κ2) is 7.20. The summed E-state index contributed by atoms with van der Waals surface area (Å²) in [6.45, 7) is -0.586. The van der Waals surface area contributed by atoms with Crippen molar-refractivity contribution in [1.82, 2.24) is 0 Å². The number of esters is 1. The van der Waals surface area contributed by atoms with E-state index in [9.17, 15) is 9.59 Å². The Morgan fingerprint density at radius 1 is 1.22 bits per heavy atom.